The molecule has 1 saturated carbocycles. The first-order chi connectivity index (χ1) is 14.1. The average Bonchev–Trinajstić information content (AvgIpc) is 3.18. The van der Waals surface area contributed by atoms with Gasteiger partial charge in [-0.15, -0.1) is 0 Å². The molecule has 0 radical (unpaired) electrons. The second-order valence-electron chi connectivity index (χ2n) is 7.44. The van der Waals surface area contributed by atoms with Gasteiger partial charge in [0.25, 0.3) is 5.56 Å². The predicted octanol–water partition coefficient (Wildman–Crippen LogP) is 4.85. The van der Waals surface area contributed by atoms with Crippen LogP contribution in [0.3, 0.4) is 0 Å². The van der Waals surface area contributed by atoms with Crippen LogP contribution in [0.1, 0.15) is 43.5 Å². The van der Waals surface area contributed by atoms with E-state index in [4.69, 9.17) is 0 Å². The van der Waals surface area contributed by atoms with Crippen LogP contribution < -0.4 is 5.56 Å². The lowest BCUT2D eigenvalue weighted by Crippen LogP contribution is -2.15. The molecule has 0 unspecified atom stereocenters. The van der Waals surface area contributed by atoms with Gasteiger partial charge in [0.2, 0.25) is 0 Å². The van der Waals surface area contributed by atoms with Gasteiger partial charge in [0, 0.05) is 23.1 Å². The molecule has 1 fully saturated rings. The summed E-state index contributed by atoms with van der Waals surface area (Å²) in [7, 11) is 0. The molecule has 0 amide bonds. The molecule has 0 aliphatic heterocycles. The summed E-state index contributed by atoms with van der Waals surface area (Å²) in [5.74, 6) is -0.673. The third kappa shape index (κ3) is 5.12. The Morgan fingerprint density at radius 2 is 1.86 bits per heavy atom. The lowest BCUT2D eigenvalue weighted by molar-refractivity contribution is 0.353. The van der Waals surface area contributed by atoms with Crippen molar-refractivity contribution >= 4 is 11.8 Å². The van der Waals surface area contributed by atoms with Crippen LogP contribution in [-0.4, -0.2) is 20.2 Å². The van der Waals surface area contributed by atoms with Gasteiger partial charge in [-0.1, -0.05) is 43.9 Å². The number of rotatable bonds is 6. The van der Waals surface area contributed by atoms with E-state index in [1.54, 1.807) is 12.1 Å². The van der Waals surface area contributed by atoms with Gasteiger partial charge >= 0.3 is 0 Å². The number of aromatic nitrogens is 4. The second kappa shape index (κ2) is 8.90. The third-order valence-corrected chi connectivity index (χ3v) is 6.12. The minimum absolute atomic E-state index is 0.141. The molecule has 5 nitrogen and oxygen atoms in total. The highest BCUT2D eigenvalue weighted by Crippen LogP contribution is 2.27. The number of hydrogen-bond acceptors (Lipinski definition) is 4. The summed E-state index contributed by atoms with van der Waals surface area (Å²) in [6.45, 7) is 0. The SMILES string of the molecule is O=c1cc(CC2CCCCC2)nc(SCc2cc(-c3ccc(F)c(F)c3)[nH]n2)[nH]1. The van der Waals surface area contributed by atoms with Crippen LogP contribution in [-0.2, 0) is 12.2 Å². The monoisotopic (exact) mass is 416 g/mol. The summed E-state index contributed by atoms with van der Waals surface area (Å²) in [4.78, 5) is 19.4. The molecule has 152 valence electrons. The zero-order valence-electron chi connectivity index (χ0n) is 15.9. The number of hydrogen-bond donors (Lipinski definition) is 2. The van der Waals surface area contributed by atoms with Gasteiger partial charge in [0.1, 0.15) is 0 Å². The fourth-order valence-electron chi connectivity index (χ4n) is 3.73. The van der Waals surface area contributed by atoms with Crippen LogP contribution in [0.2, 0.25) is 0 Å². The lowest BCUT2D eigenvalue weighted by Gasteiger charge is -2.20. The smallest absolute Gasteiger partial charge is 0.251 e. The number of aromatic amines is 2. The Kier molecular flexibility index (Phi) is 6.08. The molecule has 29 heavy (non-hydrogen) atoms. The van der Waals surface area contributed by atoms with E-state index in [2.05, 4.69) is 20.2 Å². The first-order valence-electron chi connectivity index (χ1n) is 9.79. The average molecular weight is 416 g/mol. The highest BCUT2D eigenvalue weighted by molar-refractivity contribution is 7.98. The first kappa shape index (κ1) is 19.8. The van der Waals surface area contributed by atoms with E-state index in [-0.39, 0.29) is 5.56 Å². The summed E-state index contributed by atoms with van der Waals surface area (Å²) >= 11 is 1.39. The fraction of sp³-hybridized carbons (Fsp3) is 0.381. The van der Waals surface area contributed by atoms with Crippen molar-refractivity contribution < 1.29 is 8.78 Å². The number of benzene rings is 1. The van der Waals surface area contributed by atoms with E-state index < -0.39 is 11.6 Å². The lowest BCUT2D eigenvalue weighted by atomic mass is 9.86. The molecular formula is C21H22F2N4OS. The van der Waals surface area contributed by atoms with Gasteiger partial charge in [-0.25, -0.2) is 13.8 Å². The summed E-state index contributed by atoms with van der Waals surface area (Å²) in [5, 5.41) is 7.62. The normalized spacial score (nSPS) is 15.0. The summed E-state index contributed by atoms with van der Waals surface area (Å²) < 4.78 is 26.5. The highest BCUT2D eigenvalue weighted by Gasteiger charge is 2.16. The fourth-order valence-corrected chi connectivity index (χ4v) is 4.52. The molecule has 4 rings (SSSR count). The van der Waals surface area contributed by atoms with Crippen molar-refractivity contribution in [3.8, 4) is 11.3 Å². The molecule has 1 aromatic carbocycles. The number of thioether (sulfide) groups is 1. The quantitative estimate of drug-likeness (QED) is 0.445. The molecule has 1 aliphatic carbocycles. The highest BCUT2D eigenvalue weighted by atomic mass is 32.2. The Labute approximate surface area is 171 Å². The van der Waals surface area contributed by atoms with E-state index >= 15 is 0 Å². The Hall–Kier alpha value is -2.48. The number of nitrogens with one attached hydrogen (secondary N) is 2. The minimum atomic E-state index is -0.899. The number of H-pyrrole nitrogens is 2. The largest absolute Gasteiger partial charge is 0.301 e. The van der Waals surface area contributed by atoms with Gasteiger partial charge in [0.05, 0.1) is 11.4 Å². The van der Waals surface area contributed by atoms with E-state index in [0.717, 1.165) is 29.9 Å². The van der Waals surface area contributed by atoms with Crippen molar-refractivity contribution in [2.75, 3.05) is 0 Å². The van der Waals surface area contributed by atoms with Crippen molar-refractivity contribution in [1.82, 2.24) is 20.2 Å². The topological polar surface area (TPSA) is 74.4 Å². The van der Waals surface area contributed by atoms with Crippen molar-refractivity contribution in [1.29, 1.82) is 0 Å². The number of halogens is 2. The van der Waals surface area contributed by atoms with Crippen LogP contribution in [0.5, 0.6) is 0 Å². The Bertz CT molecular complexity index is 1040. The molecular weight excluding hydrogens is 394 g/mol. The molecule has 0 saturated heterocycles. The van der Waals surface area contributed by atoms with Gasteiger partial charge < -0.3 is 4.98 Å². The van der Waals surface area contributed by atoms with Gasteiger partial charge in [-0.05, 0) is 36.6 Å². The Morgan fingerprint density at radius 3 is 2.66 bits per heavy atom. The zero-order valence-corrected chi connectivity index (χ0v) is 16.7. The molecule has 2 N–H and O–H groups in total. The van der Waals surface area contributed by atoms with Gasteiger partial charge in [-0.3, -0.25) is 9.89 Å². The van der Waals surface area contributed by atoms with Crippen molar-refractivity contribution in [3.05, 3.63) is 63.7 Å². The van der Waals surface area contributed by atoms with Gasteiger partial charge in [-0.2, -0.15) is 5.10 Å². The van der Waals surface area contributed by atoms with Crippen LogP contribution in [0.15, 0.2) is 40.3 Å². The summed E-state index contributed by atoms with van der Waals surface area (Å²) in [5.41, 5.74) is 2.56. The second-order valence-corrected chi connectivity index (χ2v) is 8.40. The van der Waals surface area contributed by atoms with Gasteiger partial charge in [0.15, 0.2) is 16.8 Å². The van der Waals surface area contributed by atoms with E-state index in [0.29, 0.717) is 28.1 Å². The van der Waals surface area contributed by atoms with E-state index in [1.807, 2.05) is 0 Å². The molecule has 0 spiro atoms. The first-order valence-corrected chi connectivity index (χ1v) is 10.8. The summed E-state index contributed by atoms with van der Waals surface area (Å²) in [6.07, 6.45) is 7.08. The van der Waals surface area contributed by atoms with Crippen LogP contribution in [0, 0.1) is 17.6 Å². The maximum Gasteiger partial charge on any atom is 0.251 e. The van der Waals surface area contributed by atoms with Crippen molar-refractivity contribution in [2.45, 2.75) is 49.4 Å². The molecule has 0 bridgehead atoms. The third-order valence-electron chi connectivity index (χ3n) is 5.21. The van der Waals surface area contributed by atoms with Crippen LogP contribution in [0.4, 0.5) is 8.78 Å². The molecule has 1 aliphatic rings. The standard InChI is InChI=1S/C21H22F2N4OS/c22-17-7-6-14(9-18(17)23)19-10-16(26-27-19)12-29-21-24-15(11-20(28)25-21)8-13-4-2-1-3-5-13/h6-7,9-11,13H,1-5,8,12H2,(H,26,27)(H,24,25,28). The van der Waals surface area contributed by atoms with Crippen molar-refractivity contribution in [2.24, 2.45) is 5.92 Å². The molecule has 3 aromatic rings. The van der Waals surface area contributed by atoms with E-state index in [1.165, 1.54) is 49.9 Å². The van der Waals surface area contributed by atoms with Crippen LogP contribution >= 0.6 is 11.8 Å². The zero-order chi connectivity index (χ0) is 20.2. The molecule has 0 atom stereocenters. The number of nitrogens with zero attached hydrogens (tertiary/aromatic N) is 2. The van der Waals surface area contributed by atoms with Crippen LogP contribution in [0.25, 0.3) is 11.3 Å². The summed E-state index contributed by atoms with van der Waals surface area (Å²) in [6, 6.07) is 7.09. The molecule has 2 heterocycles. The Morgan fingerprint density at radius 1 is 1.03 bits per heavy atom. The molecule has 8 heteroatoms. The molecule has 2 aromatic heterocycles. The predicted molar refractivity (Wildman–Crippen MR) is 109 cm³/mol. The van der Waals surface area contributed by atoms with Crippen molar-refractivity contribution in [3.63, 3.8) is 0 Å². The van der Waals surface area contributed by atoms with E-state index in [9.17, 15) is 13.6 Å². The Balaban J connectivity index is 1.42. The minimum Gasteiger partial charge on any atom is -0.301 e. The maximum atomic E-state index is 13.4. The maximum absolute atomic E-state index is 13.4.